The van der Waals surface area contributed by atoms with Crippen LogP contribution in [0.5, 0.6) is 0 Å². The van der Waals surface area contributed by atoms with Crippen LogP contribution < -0.4 is 10.2 Å². The summed E-state index contributed by atoms with van der Waals surface area (Å²) >= 11 is 0. The molecule has 0 aliphatic heterocycles. The predicted octanol–water partition coefficient (Wildman–Crippen LogP) is 1.72. The Hall–Kier alpha value is -1.96. The molecule has 0 spiro atoms. The first-order valence-corrected chi connectivity index (χ1v) is 7.08. The quantitative estimate of drug-likeness (QED) is 0.556. The second-order valence-corrected chi connectivity index (χ2v) is 4.70. The zero-order chi connectivity index (χ0) is 16.0. The molecule has 0 bridgehead atoms. The average Bonchev–Trinajstić information content (AvgIpc) is 2.46. The number of nitrogens with one attached hydrogen (secondary N) is 1. The van der Waals surface area contributed by atoms with Gasteiger partial charge in [0.15, 0.2) is 0 Å². The Balaban J connectivity index is 3.46. The number of aliphatic hydroxyl groups is 1. The minimum absolute atomic E-state index is 0.0786. The van der Waals surface area contributed by atoms with Gasteiger partial charge in [-0.25, -0.2) is 4.98 Å². The number of rotatable bonds is 8. The number of aliphatic hydroxyl groups excluding tert-OH is 1. The van der Waals surface area contributed by atoms with Crippen molar-refractivity contribution in [2.75, 3.05) is 30.4 Å². The fourth-order valence-corrected chi connectivity index (χ4v) is 2.38. The minimum Gasteiger partial charge on any atom is -0.395 e. The molecule has 0 saturated carbocycles. The van der Waals surface area contributed by atoms with E-state index in [1.54, 1.807) is 18.9 Å². The maximum absolute atomic E-state index is 11.4. The monoisotopic (exact) mass is 297 g/mol. The Morgan fingerprint density at radius 2 is 2.00 bits per heavy atom. The second-order valence-electron chi connectivity index (χ2n) is 4.70. The molecule has 1 aromatic rings. The van der Waals surface area contributed by atoms with Crippen molar-refractivity contribution in [3.05, 3.63) is 15.8 Å². The molecular weight excluding hydrogens is 274 g/mol. The molecule has 1 rings (SSSR count). The first kappa shape index (κ1) is 17.1. The maximum atomic E-state index is 11.4. The predicted molar refractivity (Wildman–Crippen MR) is 81.8 cm³/mol. The molecule has 0 aliphatic rings. The lowest BCUT2D eigenvalue weighted by molar-refractivity contribution is -0.385. The van der Waals surface area contributed by atoms with Crippen LogP contribution in [0.1, 0.15) is 32.4 Å². The van der Waals surface area contributed by atoms with Gasteiger partial charge in [-0.1, -0.05) is 13.8 Å². The summed E-state index contributed by atoms with van der Waals surface area (Å²) in [5.74, 6) is 0.599. The van der Waals surface area contributed by atoms with Gasteiger partial charge in [0.2, 0.25) is 11.8 Å². The van der Waals surface area contributed by atoms with Crippen LogP contribution in [0.2, 0.25) is 0 Å². The lowest BCUT2D eigenvalue weighted by atomic mass is 10.1. The summed E-state index contributed by atoms with van der Waals surface area (Å²) in [6.07, 6.45) is 1.62. The standard InChI is InChI=1S/C13H23N5O3/c1-5-10(6-2)17(7-8-19)12-11(18(20)21)9(3)15-13(14-4)16-12/h10,19H,5-8H2,1-4H3,(H,14,15,16). The number of anilines is 2. The van der Waals surface area contributed by atoms with Gasteiger partial charge in [-0.3, -0.25) is 10.1 Å². The lowest BCUT2D eigenvalue weighted by Gasteiger charge is -2.30. The van der Waals surface area contributed by atoms with E-state index in [0.29, 0.717) is 18.2 Å². The number of nitrogens with zero attached hydrogens (tertiary/aromatic N) is 4. The van der Waals surface area contributed by atoms with E-state index in [0.717, 1.165) is 12.8 Å². The van der Waals surface area contributed by atoms with Gasteiger partial charge in [0.1, 0.15) is 5.69 Å². The van der Waals surface area contributed by atoms with E-state index in [9.17, 15) is 15.2 Å². The van der Waals surface area contributed by atoms with Crippen molar-refractivity contribution in [1.82, 2.24) is 9.97 Å². The van der Waals surface area contributed by atoms with Crippen molar-refractivity contribution < 1.29 is 10.0 Å². The van der Waals surface area contributed by atoms with Gasteiger partial charge >= 0.3 is 5.69 Å². The van der Waals surface area contributed by atoms with Crippen molar-refractivity contribution in [1.29, 1.82) is 0 Å². The molecule has 0 aliphatic carbocycles. The first-order valence-electron chi connectivity index (χ1n) is 7.08. The molecule has 8 nitrogen and oxygen atoms in total. The average molecular weight is 297 g/mol. The van der Waals surface area contributed by atoms with Crippen molar-refractivity contribution in [3.8, 4) is 0 Å². The van der Waals surface area contributed by atoms with E-state index in [1.165, 1.54) is 0 Å². The van der Waals surface area contributed by atoms with E-state index in [-0.39, 0.29) is 24.2 Å². The van der Waals surface area contributed by atoms with Gasteiger partial charge in [-0.05, 0) is 19.8 Å². The molecule has 1 aromatic heterocycles. The number of hydrogen-bond donors (Lipinski definition) is 2. The number of hydrogen-bond acceptors (Lipinski definition) is 7. The first-order chi connectivity index (χ1) is 9.99. The highest BCUT2D eigenvalue weighted by atomic mass is 16.6. The summed E-state index contributed by atoms with van der Waals surface area (Å²) in [7, 11) is 1.66. The molecule has 8 heteroatoms. The van der Waals surface area contributed by atoms with E-state index >= 15 is 0 Å². The number of aryl methyl sites for hydroxylation is 1. The highest BCUT2D eigenvalue weighted by Crippen LogP contribution is 2.32. The van der Waals surface area contributed by atoms with Crippen LogP contribution in [0.4, 0.5) is 17.5 Å². The smallest absolute Gasteiger partial charge is 0.332 e. The van der Waals surface area contributed by atoms with Gasteiger partial charge in [0, 0.05) is 19.6 Å². The van der Waals surface area contributed by atoms with E-state index < -0.39 is 4.92 Å². The molecule has 1 heterocycles. The Morgan fingerprint density at radius 1 is 1.38 bits per heavy atom. The fourth-order valence-electron chi connectivity index (χ4n) is 2.38. The second kappa shape index (κ2) is 7.72. The SMILES string of the molecule is CCC(CC)N(CCO)c1nc(NC)nc(C)c1[N+](=O)[O-]. The van der Waals surface area contributed by atoms with Gasteiger partial charge < -0.3 is 15.3 Å². The Labute approximate surface area is 124 Å². The summed E-state index contributed by atoms with van der Waals surface area (Å²) in [5.41, 5.74) is 0.206. The Bertz CT molecular complexity index is 491. The Morgan fingerprint density at radius 3 is 2.43 bits per heavy atom. The third-order valence-corrected chi connectivity index (χ3v) is 3.44. The van der Waals surface area contributed by atoms with Crippen LogP contribution in [0, 0.1) is 17.0 Å². The number of nitro groups is 1. The van der Waals surface area contributed by atoms with Gasteiger partial charge in [-0.15, -0.1) is 0 Å². The van der Waals surface area contributed by atoms with Crippen molar-refractivity contribution in [3.63, 3.8) is 0 Å². The molecule has 0 saturated heterocycles. The fraction of sp³-hybridized carbons (Fsp3) is 0.692. The van der Waals surface area contributed by atoms with Crippen LogP contribution in [0.25, 0.3) is 0 Å². The highest BCUT2D eigenvalue weighted by Gasteiger charge is 2.29. The van der Waals surface area contributed by atoms with Crippen LogP contribution in [-0.4, -0.2) is 46.2 Å². The molecule has 0 amide bonds. The third-order valence-electron chi connectivity index (χ3n) is 3.44. The molecule has 0 unspecified atom stereocenters. The number of aromatic nitrogens is 2. The Kier molecular flexibility index (Phi) is 6.29. The van der Waals surface area contributed by atoms with Crippen LogP contribution in [-0.2, 0) is 0 Å². The summed E-state index contributed by atoms with van der Waals surface area (Å²) in [6.45, 7) is 5.82. The summed E-state index contributed by atoms with van der Waals surface area (Å²) in [6, 6.07) is 0.0786. The minimum atomic E-state index is -0.461. The molecule has 21 heavy (non-hydrogen) atoms. The normalized spacial score (nSPS) is 10.8. The van der Waals surface area contributed by atoms with Gasteiger partial charge in [0.05, 0.1) is 11.5 Å². The summed E-state index contributed by atoms with van der Waals surface area (Å²) < 4.78 is 0. The maximum Gasteiger partial charge on any atom is 0.332 e. The largest absolute Gasteiger partial charge is 0.395 e. The third kappa shape index (κ3) is 3.78. The molecule has 0 fully saturated rings. The summed E-state index contributed by atoms with van der Waals surface area (Å²) in [4.78, 5) is 21.0. The van der Waals surface area contributed by atoms with E-state index in [1.807, 2.05) is 13.8 Å². The zero-order valence-corrected chi connectivity index (χ0v) is 13.0. The molecule has 0 radical (unpaired) electrons. The molecule has 118 valence electrons. The van der Waals surface area contributed by atoms with Gasteiger partial charge in [0.25, 0.3) is 0 Å². The topological polar surface area (TPSA) is 104 Å². The molecule has 2 N–H and O–H groups in total. The van der Waals surface area contributed by atoms with Crippen LogP contribution >= 0.6 is 0 Å². The highest BCUT2D eigenvalue weighted by molar-refractivity contribution is 5.63. The van der Waals surface area contributed by atoms with Crippen molar-refractivity contribution in [2.24, 2.45) is 0 Å². The van der Waals surface area contributed by atoms with Gasteiger partial charge in [-0.2, -0.15) is 4.98 Å². The zero-order valence-electron chi connectivity index (χ0n) is 13.0. The van der Waals surface area contributed by atoms with Crippen LogP contribution in [0.15, 0.2) is 0 Å². The van der Waals surface area contributed by atoms with Crippen molar-refractivity contribution in [2.45, 2.75) is 39.7 Å². The molecular formula is C13H23N5O3. The van der Waals surface area contributed by atoms with Crippen LogP contribution in [0.3, 0.4) is 0 Å². The molecule has 0 aromatic carbocycles. The summed E-state index contributed by atoms with van der Waals surface area (Å²) in [5, 5.41) is 23.5. The van der Waals surface area contributed by atoms with E-state index in [2.05, 4.69) is 15.3 Å². The van der Waals surface area contributed by atoms with E-state index in [4.69, 9.17) is 0 Å². The van der Waals surface area contributed by atoms with Crippen molar-refractivity contribution >= 4 is 17.5 Å². The molecule has 0 atom stereocenters. The lowest BCUT2D eigenvalue weighted by Crippen LogP contribution is -2.38.